The molecule has 9 heteroatoms. The number of benzene rings is 2. The zero-order valence-electron chi connectivity index (χ0n) is 13.1. The molecule has 0 aliphatic heterocycles. The number of thiazole rings is 1. The van der Waals surface area contributed by atoms with Crippen LogP contribution < -0.4 is 4.74 Å². The van der Waals surface area contributed by atoms with E-state index >= 15 is 0 Å². The van der Waals surface area contributed by atoms with E-state index in [-0.39, 0.29) is 5.69 Å². The first-order valence-corrected chi connectivity index (χ1v) is 8.72. The highest BCUT2D eigenvalue weighted by molar-refractivity contribution is 7.13. The molecule has 4 rings (SSSR count). The van der Waals surface area contributed by atoms with Crippen molar-refractivity contribution in [2.24, 2.45) is 0 Å². The van der Waals surface area contributed by atoms with Gasteiger partial charge < -0.3 is 4.74 Å². The van der Waals surface area contributed by atoms with E-state index in [1.807, 2.05) is 12.1 Å². The average molecular weight is 384 g/mol. The molecular formula is C17H10ClN5O2S. The van der Waals surface area contributed by atoms with Gasteiger partial charge in [-0.05, 0) is 46.8 Å². The Labute approximate surface area is 156 Å². The van der Waals surface area contributed by atoms with E-state index in [2.05, 4.69) is 20.5 Å². The second-order valence-corrected chi connectivity index (χ2v) is 6.48. The standard InChI is InChI=1S/C17H10ClN5O2S/c18-12-3-1-2-11(8-12)16-20-15(9-26-16)17(24)25-14-6-4-13(5-7-14)23-10-19-21-22-23/h1-10H. The summed E-state index contributed by atoms with van der Waals surface area (Å²) < 4.78 is 6.87. The monoisotopic (exact) mass is 383 g/mol. The fourth-order valence-electron chi connectivity index (χ4n) is 2.23. The topological polar surface area (TPSA) is 82.8 Å². The molecule has 0 radical (unpaired) electrons. The van der Waals surface area contributed by atoms with E-state index in [9.17, 15) is 4.79 Å². The van der Waals surface area contributed by atoms with Crippen molar-refractivity contribution in [1.29, 1.82) is 0 Å². The SMILES string of the molecule is O=C(Oc1ccc(-n2cnnn2)cc1)c1csc(-c2cccc(Cl)c2)n1. The minimum absolute atomic E-state index is 0.245. The van der Waals surface area contributed by atoms with Crippen LogP contribution in [0.5, 0.6) is 5.75 Å². The van der Waals surface area contributed by atoms with Gasteiger partial charge in [-0.15, -0.1) is 16.4 Å². The summed E-state index contributed by atoms with van der Waals surface area (Å²) in [6, 6.07) is 14.1. The Kier molecular flexibility index (Phi) is 4.42. The minimum atomic E-state index is -0.523. The Balaban J connectivity index is 1.48. The van der Waals surface area contributed by atoms with E-state index in [1.165, 1.54) is 22.3 Å². The van der Waals surface area contributed by atoms with Crippen LogP contribution in [0, 0.1) is 0 Å². The van der Waals surface area contributed by atoms with E-state index in [1.54, 1.807) is 41.8 Å². The molecule has 0 saturated heterocycles. The van der Waals surface area contributed by atoms with Crippen LogP contribution in [0.15, 0.2) is 60.2 Å². The second-order valence-electron chi connectivity index (χ2n) is 5.19. The molecule has 128 valence electrons. The predicted molar refractivity (Wildman–Crippen MR) is 96.7 cm³/mol. The number of aromatic nitrogens is 5. The fraction of sp³-hybridized carbons (Fsp3) is 0. The lowest BCUT2D eigenvalue weighted by molar-refractivity contribution is 0.0729. The first-order valence-electron chi connectivity index (χ1n) is 7.46. The largest absolute Gasteiger partial charge is 0.422 e. The van der Waals surface area contributed by atoms with E-state index in [0.717, 1.165) is 11.3 Å². The molecule has 0 spiro atoms. The van der Waals surface area contributed by atoms with Crippen LogP contribution in [0.25, 0.3) is 16.3 Å². The molecule has 0 N–H and O–H groups in total. The maximum atomic E-state index is 12.3. The zero-order valence-corrected chi connectivity index (χ0v) is 14.7. The van der Waals surface area contributed by atoms with Crippen molar-refractivity contribution >= 4 is 28.9 Å². The zero-order chi connectivity index (χ0) is 17.9. The van der Waals surface area contributed by atoms with Gasteiger partial charge in [0.25, 0.3) is 0 Å². The quantitative estimate of drug-likeness (QED) is 0.395. The summed E-state index contributed by atoms with van der Waals surface area (Å²) >= 11 is 7.35. The number of esters is 1. The molecule has 2 heterocycles. The summed E-state index contributed by atoms with van der Waals surface area (Å²) in [4.78, 5) is 16.6. The van der Waals surface area contributed by atoms with Crippen molar-refractivity contribution < 1.29 is 9.53 Å². The van der Waals surface area contributed by atoms with Crippen molar-refractivity contribution in [3.8, 4) is 22.0 Å². The minimum Gasteiger partial charge on any atom is -0.422 e. The lowest BCUT2D eigenvalue weighted by atomic mass is 10.2. The molecule has 0 aliphatic rings. The van der Waals surface area contributed by atoms with Crippen molar-refractivity contribution in [2.45, 2.75) is 0 Å². The molecule has 26 heavy (non-hydrogen) atoms. The number of hydrogen-bond donors (Lipinski definition) is 0. The fourth-order valence-corrected chi connectivity index (χ4v) is 3.20. The summed E-state index contributed by atoms with van der Waals surface area (Å²) in [5.41, 5.74) is 1.86. The lowest BCUT2D eigenvalue weighted by Gasteiger charge is -2.04. The van der Waals surface area contributed by atoms with Gasteiger partial charge in [0.2, 0.25) is 0 Å². The molecule has 4 aromatic rings. The highest BCUT2D eigenvalue weighted by Gasteiger charge is 2.14. The highest BCUT2D eigenvalue weighted by atomic mass is 35.5. The van der Waals surface area contributed by atoms with Gasteiger partial charge in [-0.25, -0.2) is 14.5 Å². The third-order valence-corrected chi connectivity index (χ3v) is 4.57. The van der Waals surface area contributed by atoms with Crippen molar-refractivity contribution in [2.75, 3.05) is 0 Å². The van der Waals surface area contributed by atoms with Crippen LogP contribution in [0.2, 0.25) is 5.02 Å². The summed E-state index contributed by atoms with van der Waals surface area (Å²) in [6.45, 7) is 0. The summed E-state index contributed by atoms with van der Waals surface area (Å²) in [5.74, 6) is -0.117. The predicted octanol–water partition coefficient (Wildman–Crippen LogP) is 3.66. The number of rotatable bonds is 4. The first-order chi connectivity index (χ1) is 12.7. The first kappa shape index (κ1) is 16.4. The number of tetrazole rings is 1. The van der Waals surface area contributed by atoms with Crippen molar-refractivity contribution in [3.63, 3.8) is 0 Å². The highest BCUT2D eigenvalue weighted by Crippen LogP contribution is 2.26. The molecule has 0 aliphatic carbocycles. The molecule has 0 unspecified atom stereocenters. The van der Waals surface area contributed by atoms with Crippen LogP contribution in [0.3, 0.4) is 0 Å². The maximum absolute atomic E-state index is 12.3. The molecule has 0 saturated carbocycles. The normalized spacial score (nSPS) is 10.7. The Morgan fingerprint density at radius 2 is 2.00 bits per heavy atom. The molecular weight excluding hydrogens is 374 g/mol. The molecule has 0 atom stereocenters. The van der Waals surface area contributed by atoms with Gasteiger partial charge in [0.15, 0.2) is 5.69 Å². The maximum Gasteiger partial charge on any atom is 0.363 e. The van der Waals surface area contributed by atoms with Crippen molar-refractivity contribution in [3.05, 3.63) is 71.0 Å². The average Bonchev–Trinajstić information content (AvgIpc) is 3.35. The smallest absolute Gasteiger partial charge is 0.363 e. The number of carbonyl (C=O) groups is 1. The van der Waals surface area contributed by atoms with Gasteiger partial charge >= 0.3 is 5.97 Å². The molecule has 7 nitrogen and oxygen atoms in total. The lowest BCUT2D eigenvalue weighted by Crippen LogP contribution is -2.09. The number of carbonyl (C=O) groups excluding carboxylic acids is 1. The van der Waals surface area contributed by atoms with Gasteiger partial charge in [-0.2, -0.15) is 0 Å². The Hall–Kier alpha value is -3.10. The molecule has 0 amide bonds. The van der Waals surface area contributed by atoms with Gasteiger partial charge in [0, 0.05) is 16.0 Å². The van der Waals surface area contributed by atoms with Gasteiger partial charge in [-0.1, -0.05) is 23.7 Å². The van der Waals surface area contributed by atoms with Crippen LogP contribution in [-0.2, 0) is 0 Å². The number of ether oxygens (including phenoxy) is 1. The van der Waals surface area contributed by atoms with E-state index in [4.69, 9.17) is 16.3 Å². The Morgan fingerprint density at radius 1 is 1.15 bits per heavy atom. The summed E-state index contributed by atoms with van der Waals surface area (Å²) in [6.07, 6.45) is 1.48. The van der Waals surface area contributed by atoms with Crippen LogP contribution in [0.1, 0.15) is 10.5 Å². The number of nitrogens with zero attached hydrogens (tertiary/aromatic N) is 5. The van der Waals surface area contributed by atoms with E-state index < -0.39 is 5.97 Å². The number of halogens is 1. The van der Waals surface area contributed by atoms with Gasteiger partial charge in [0.1, 0.15) is 17.1 Å². The summed E-state index contributed by atoms with van der Waals surface area (Å²) in [5, 5.41) is 13.9. The third kappa shape index (κ3) is 3.46. The molecule has 0 bridgehead atoms. The van der Waals surface area contributed by atoms with Crippen molar-refractivity contribution in [1.82, 2.24) is 25.2 Å². The van der Waals surface area contributed by atoms with E-state index in [0.29, 0.717) is 15.8 Å². The van der Waals surface area contributed by atoms with Gasteiger partial charge in [-0.3, -0.25) is 0 Å². The van der Waals surface area contributed by atoms with Gasteiger partial charge in [0.05, 0.1) is 5.69 Å². The summed E-state index contributed by atoms with van der Waals surface area (Å²) in [7, 11) is 0. The Bertz CT molecular complexity index is 1050. The second kappa shape index (κ2) is 7.03. The van der Waals surface area contributed by atoms with Crippen LogP contribution >= 0.6 is 22.9 Å². The Morgan fingerprint density at radius 3 is 2.73 bits per heavy atom. The molecule has 2 aromatic heterocycles. The van der Waals surface area contributed by atoms with Crippen LogP contribution in [-0.4, -0.2) is 31.2 Å². The number of hydrogen-bond acceptors (Lipinski definition) is 7. The molecule has 2 aromatic carbocycles. The van der Waals surface area contributed by atoms with Crippen LogP contribution in [0.4, 0.5) is 0 Å². The molecule has 0 fully saturated rings. The third-order valence-electron chi connectivity index (χ3n) is 3.45.